The summed E-state index contributed by atoms with van der Waals surface area (Å²) in [5.74, 6) is 0. The van der Waals surface area contributed by atoms with E-state index in [2.05, 4.69) is 102 Å². The van der Waals surface area contributed by atoms with Crippen LogP contribution in [0.15, 0.2) is 65.1 Å². The predicted molar refractivity (Wildman–Crippen MR) is 105 cm³/mol. The topological polar surface area (TPSA) is 3.88 Å². The number of rotatable bonds is 1. The van der Waals surface area contributed by atoms with Gasteiger partial charge >= 0.3 is 0 Å². The molecule has 0 amide bonds. The molecule has 1 heterocycles. The van der Waals surface area contributed by atoms with Crippen molar-refractivity contribution >= 4 is 37.7 Å². The zero-order valence-electron chi connectivity index (χ0n) is 14.1. The van der Waals surface area contributed by atoms with Gasteiger partial charge in [-0.1, -0.05) is 40.2 Å². The fourth-order valence-electron chi connectivity index (χ4n) is 3.75. The van der Waals surface area contributed by atoms with Gasteiger partial charge < -0.3 is 0 Å². The van der Waals surface area contributed by atoms with E-state index >= 15 is 0 Å². The molecule has 0 bridgehead atoms. The van der Waals surface area contributed by atoms with Crippen molar-refractivity contribution in [1.29, 1.82) is 0 Å². The van der Waals surface area contributed by atoms with Crippen LogP contribution in [0.5, 0.6) is 0 Å². The Hall–Kier alpha value is -2.19. The summed E-state index contributed by atoms with van der Waals surface area (Å²) in [6.45, 7) is 4.37. The first kappa shape index (κ1) is 15.3. The minimum Gasteiger partial charge on any atom is -0.194 e. The molecule has 0 saturated carbocycles. The molecule has 0 saturated heterocycles. The third-order valence-corrected chi connectivity index (χ3v) is 5.27. The lowest BCUT2D eigenvalue weighted by atomic mass is 9.92. The van der Waals surface area contributed by atoms with Crippen LogP contribution >= 0.6 is 15.9 Å². The van der Waals surface area contributed by atoms with Gasteiger partial charge in [-0.3, -0.25) is 0 Å². The van der Waals surface area contributed by atoms with Crippen LogP contribution in [0.1, 0.15) is 11.1 Å². The summed E-state index contributed by atoms with van der Waals surface area (Å²) in [7, 11) is 2.15. The van der Waals surface area contributed by atoms with Gasteiger partial charge in [-0.05, 0) is 60.4 Å². The fraction of sp³-hybridized carbons (Fsp3) is 0.136. The van der Waals surface area contributed by atoms with Gasteiger partial charge in [0.2, 0.25) is 11.0 Å². The first-order valence-corrected chi connectivity index (χ1v) is 8.93. The maximum atomic E-state index is 3.61. The van der Waals surface area contributed by atoms with E-state index in [0.29, 0.717) is 0 Å². The van der Waals surface area contributed by atoms with Gasteiger partial charge in [0.25, 0.3) is 0 Å². The summed E-state index contributed by atoms with van der Waals surface area (Å²) in [5.41, 5.74) is 7.74. The number of fused-ring (bicyclic) bond motifs is 2. The normalized spacial score (nSPS) is 11.3. The standard InChI is InChI=1S/C22H19BrN/c1-14-11-17(23)12-15(2)22(14)18-8-6-10-21-19(18)13-16-7-4-5-9-20(16)24(21)3/h4-13H,1-3H3/q+1. The average molecular weight is 377 g/mol. The molecular weight excluding hydrogens is 358 g/mol. The summed E-state index contributed by atoms with van der Waals surface area (Å²) < 4.78 is 3.43. The zero-order chi connectivity index (χ0) is 16.8. The lowest BCUT2D eigenvalue weighted by Gasteiger charge is -2.13. The van der Waals surface area contributed by atoms with Crippen LogP contribution in [0, 0.1) is 13.8 Å². The zero-order valence-corrected chi connectivity index (χ0v) is 15.7. The van der Waals surface area contributed by atoms with E-state index in [-0.39, 0.29) is 0 Å². The molecule has 118 valence electrons. The molecule has 0 aliphatic heterocycles. The number of para-hydroxylation sites is 1. The monoisotopic (exact) mass is 376 g/mol. The number of aromatic nitrogens is 1. The van der Waals surface area contributed by atoms with Crippen LogP contribution in [0.2, 0.25) is 0 Å². The highest BCUT2D eigenvalue weighted by atomic mass is 79.9. The third kappa shape index (κ3) is 2.33. The number of nitrogens with zero attached hydrogens (tertiary/aromatic N) is 1. The smallest absolute Gasteiger partial charge is 0.194 e. The number of hydrogen-bond donors (Lipinski definition) is 0. The number of aryl methyl sites for hydroxylation is 3. The lowest BCUT2D eigenvalue weighted by molar-refractivity contribution is -0.617. The summed E-state index contributed by atoms with van der Waals surface area (Å²) in [5, 5.41) is 2.57. The Balaban J connectivity index is 2.15. The molecule has 0 fully saturated rings. The molecule has 0 radical (unpaired) electrons. The fourth-order valence-corrected chi connectivity index (χ4v) is 4.44. The van der Waals surface area contributed by atoms with E-state index in [1.807, 2.05) is 0 Å². The van der Waals surface area contributed by atoms with E-state index in [4.69, 9.17) is 0 Å². The van der Waals surface area contributed by atoms with Crippen molar-refractivity contribution in [3.8, 4) is 11.1 Å². The quantitative estimate of drug-likeness (QED) is 0.289. The van der Waals surface area contributed by atoms with Crippen molar-refractivity contribution in [1.82, 2.24) is 0 Å². The molecule has 1 aromatic heterocycles. The van der Waals surface area contributed by atoms with E-state index in [9.17, 15) is 0 Å². The molecule has 1 nitrogen and oxygen atoms in total. The van der Waals surface area contributed by atoms with Crippen molar-refractivity contribution in [2.24, 2.45) is 7.05 Å². The molecule has 0 atom stereocenters. The van der Waals surface area contributed by atoms with Crippen molar-refractivity contribution in [3.05, 3.63) is 76.3 Å². The second-order valence-corrected chi connectivity index (χ2v) is 7.33. The second-order valence-electron chi connectivity index (χ2n) is 6.42. The van der Waals surface area contributed by atoms with Crippen molar-refractivity contribution in [2.45, 2.75) is 13.8 Å². The predicted octanol–water partition coefficient (Wildman–Crippen LogP) is 5.86. The molecule has 2 heteroatoms. The van der Waals surface area contributed by atoms with Gasteiger partial charge in [0.15, 0.2) is 0 Å². The molecule has 3 aromatic carbocycles. The van der Waals surface area contributed by atoms with E-state index in [0.717, 1.165) is 4.47 Å². The van der Waals surface area contributed by atoms with Crippen molar-refractivity contribution in [3.63, 3.8) is 0 Å². The SMILES string of the molecule is Cc1cc(Br)cc(C)c1-c1cccc2c1cc1ccccc1[n+]2C. The van der Waals surface area contributed by atoms with Crippen LogP contribution in [-0.4, -0.2) is 0 Å². The van der Waals surface area contributed by atoms with Crippen molar-refractivity contribution in [2.75, 3.05) is 0 Å². The highest BCUT2D eigenvalue weighted by molar-refractivity contribution is 9.10. The first-order valence-electron chi connectivity index (χ1n) is 8.14. The average Bonchev–Trinajstić information content (AvgIpc) is 2.55. The molecule has 0 aliphatic rings. The van der Waals surface area contributed by atoms with Gasteiger partial charge in [-0.2, -0.15) is 4.57 Å². The Morgan fingerprint density at radius 1 is 0.792 bits per heavy atom. The first-order chi connectivity index (χ1) is 11.6. The summed E-state index contributed by atoms with van der Waals surface area (Å²) in [6, 6.07) is 21.9. The number of halogens is 1. The maximum Gasteiger partial charge on any atom is 0.213 e. The van der Waals surface area contributed by atoms with Crippen LogP contribution in [0.4, 0.5) is 0 Å². The molecule has 0 aliphatic carbocycles. The van der Waals surface area contributed by atoms with Crippen LogP contribution in [0.3, 0.4) is 0 Å². The Morgan fingerprint density at radius 2 is 1.46 bits per heavy atom. The molecule has 0 spiro atoms. The number of pyridine rings is 1. The van der Waals surface area contributed by atoms with Gasteiger partial charge in [0.05, 0.1) is 5.39 Å². The Morgan fingerprint density at radius 3 is 2.21 bits per heavy atom. The van der Waals surface area contributed by atoms with E-state index in [1.54, 1.807) is 0 Å². The second kappa shape index (κ2) is 5.71. The van der Waals surface area contributed by atoms with Crippen LogP contribution in [0.25, 0.3) is 32.9 Å². The number of benzene rings is 3. The largest absolute Gasteiger partial charge is 0.213 e. The van der Waals surface area contributed by atoms with Crippen molar-refractivity contribution < 1.29 is 4.57 Å². The summed E-state index contributed by atoms with van der Waals surface area (Å²) >= 11 is 3.61. The molecule has 4 rings (SSSR count). The molecule has 0 unspecified atom stereocenters. The highest BCUT2D eigenvalue weighted by Gasteiger charge is 2.16. The van der Waals surface area contributed by atoms with Gasteiger partial charge in [0, 0.05) is 22.0 Å². The highest BCUT2D eigenvalue weighted by Crippen LogP contribution is 2.35. The summed E-state index contributed by atoms with van der Waals surface area (Å²) in [4.78, 5) is 0. The Labute approximate surface area is 150 Å². The van der Waals surface area contributed by atoms with Gasteiger partial charge in [0.1, 0.15) is 7.05 Å². The maximum absolute atomic E-state index is 3.61. The Bertz CT molecular complexity index is 1070. The summed E-state index contributed by atoms with van der Waals surface area (Å²) in [6.07, 6.45) is 0. The molecule has 0 N–H and O–H groups in total. The molecule has 24 heavy (non-hydrogen) atoms. The van der Waals surface area contributed by atoms with Crippen LogP contribution < -0.4 is 4.57 Å². The molecular formula is C22H19BrN+. The minimum atomic E-state index is 1.14. The Kier molecular flexibility index (Phi) is 3.65. The van der Waals surface area contributed by atoms with Gasteiger partial charge in [-0.15, -0.1) is 0 Å². The van der Waals surface area contributed by atoms with Crippen LogP contribution in [-0.2, 0) is 7.05 Å². The third-order valence-electron chi connectivity index (χ3n) is 4.81. The van der Waals surface area contributed by atoms with E-state index < -0.39 is 0 Å². The lowest BCUT2D eigenvalue weighted by Crippen LogP contribution is -2.30. The minimum absolute atomic E-state index is 1.14. The van der Waals surface area contributed by atoms with Gasteiger partial charge in [-0.25, -0.2) is 0 Å². The van der Waals surface area contributed by atoms with E-state index in [1.165, 1.54) is 44.1 Å². The number of hydrogen-bond acceptors (Lipinski definition) is 0. The molecule has 4 aromatic rings.